The summed E-state index contributed by atoms with van der Waals surface area (Å²) in [6.07, 6.45) is 0. The van der Waals surface area contributed by atoms with Crippen LogP contribution in [0.25, 0.3) is 0 Å². The van der Waals surface area contributed by atoms with Gasteiger partial charge in [0, 0.05) is 12.2 Å². The molecule has 100 valence electrons. The summed E-state index contributed by atoms with van der Waals surface area (Å²) in [5, 5.41) is 3.17. The maximum absolute atomic E-state index is 13.4. The predicted molar refractivity (Wildman–Crippen MR) is 80.3 cm³/mol. The van der Waals surface area contributed by atoms with Crippen LogP contribution in [0.2, 0.25) is 0 Å². The molecule has 0 aromatic heterocycles. The van der Waals surface area contributed by atoms with Crippen molar-refractivity contribution in [3.05, 3.63) is 62.0 Å². The molecule has 0 aliphatic rings. The molecule has 0 fully saturated rings. The van der Waals surface area contributed by atoms with Crippen molar-refractivity contribution < 1.29 is 8.78 Å². The van der Waals surface area contributed by atoms with Crippen LogP contribution < -0.4 is 5.32 Å². The fraction of sp³-hybridized carbons (Fsp3) is 0.143. The van der Waals surface area contributed by atoms with E-state index in [-0.39, 0.29) is 11.6 Å². The molecule has 0 saturated heterocycles. The Hall–Kier alpha value is -0.940. The molecule has 5 heteroatoms. The Morgan fingerprint density at radius 1 is 1.00 bits per heavy atom. The smallest absolute Gasteiger partial charge is 0.137 e. The molecule has 1 N–H and O–H groups in total. The van der Waals surface area contributed by atoms with Gasteiger partial charge in [0.15, 0.2) is 0 Å². The van der Waals surface area contributed by atoms with Crippen LogP contribution in [0.4, 0.5) is 14.5 Å². The van der Waals surface area contributed by atoms with Crippen LogP contribution in [0.5, 0.6) is 0 Å². The van der Waals surface area contributed by atoms with Crippen molar-refractivity contribution in [2.45, 2.75) is 13.5 Å². The number of hydrogen-bond acceptors (Lipinski definition) is 1. The van der Waals surface area contributed by atoms with Crippen LogP contribution in [0, 0.1) is 18.6 Å². The van der Waals surface area contributed by atoms with Crippen LogP contribution in [0.15, 0.2) is 39.3 Å². The molecule has 0 radical (unpaired) electrons. The van der Waals surface area contributed by atoms with Crippen molar-refractivity contribution in [2.75, 3.05) is 5.32 Å². The molecular weight excluding hydrogens is 380 g/mol. The first-order valence-corrected chi connectivity index (χ1v) is 7.19. The minimum absolute atomic E-state index is 0.294. The number of benzene rings is 2. The van der Waals surface area contributed by atoms with Crippen molar-refractivity contribution in [1.82, 2.24) is 0 Å². The second-order valence-electron chi connectivity index (χ2n) is 4.18. The molecule has 19 heavy (non-hydrogen) atoms. The summed E-state index contributed by atoms with van der Waals surface area (Å²) in [6, 6.07) is 8.09. The highest BCUT2D eigenvalue weighted by atomic mass is 79.9. The minimum Gasteiger partial charge on any atom is -0.381 e. The van der Waals surface area contributed by atoms with E-state index in [2.05, 4.69) is 37.2 Å². The van der Waals surface area contributed by atoms with Gasteiger partial charge in [-0.15, -0.1) is 0 Å². The summed E-state index contributed by atoms with van der Waals surface area (Å²) >= 11 is 6.26. The third-order valence-corrected chi connectivity index (χ3v) is 3.99. The van der Waals surface area contributed by atoms with Gasteiger partial charge in [-0.25, -0.2) is 8.78 Å². The van der Waals surface area contributed by atoms with E-state index in [1.54, 1.807) is 12.1 Å². The maximum atomic E-state index is 13.4. The molecular formula is C14H11Br2F2N. The lowest BCUT2D eigenvalue weighted by Crippen LogP contribution is -2.02. The van der Waals surface area contributed by atoms with Crippen molar-refractivity contribution >= 4 is 37.5 Å². The summed E-state index contributed by atoms with van der Waals surface area (Å²) in [5.41, 5.74) is 2.44. The average Bonchev–Trinajstić information content (AvgIpc) is 2.36. The second kappa shape index (κ2) is 6.01. The van der Waals surface area contributed by atoms with Crippen molar-refractivity contribution in [3.63, 3.8) is 0 Å². The van der Waals surface area contributed by atoms with Crippen LogP contribution in [0.1, 0.15) is 11.1 Å². The molecule has 2 aromatic carbocycles. The molecule has 0 heterocycles. The summed E-state index contributed by atoms with van der Waals surface area (Å²) in [6.45, 7) is 2.29. The summed E-state index contributed by atoms with van der Waals surface area (Å²) in [4.78, 5) is 0. The van der Waals surface area contributed by atoms with E-state index in [1.165, 1.54) is 12.1 Å². The molecule has 2 rings (SSSR count). The van der Waals surface area contributed by atoms with Crippen molar-refractivity contribution in [3.8, 4) is 0 Å². The van der Waals surface area contributed by atoms with E-state index >= 15 is 0 Å². The van der Waals surface area contributed by atoms with Gasteiger partial charge < -0.3 is 5.32 Å². The lowest BCUT2D eigenvalue weighted by molar-refractivity contribution is 0.619. The number of aryl methyl sites for hydroxylation is 1. The first-order valence-electron chi connectivity index (χ1n) is 5.61. The number of rotatable bonds is 3. The summed E-state index contributed by atoms with van der Waals surface area (Å²) in [7, 11) is 0. The van der Waals surface area contributed by atoms with Crippen LogP contribution in [-0.2, 0) is 6.54 Å². The van der Waals surface area contributed by atoms with Gasteiger partial charge in [0.05, 0.1) is 8.95 Å². The predicted octanol–water partition coefficient (Wildman–Crippen LogP) is 5.41. The van der Waals surface area contributed by atoms with Gasteiger partial charge in [0.1, 0.15) is 11.6 Å². The zero-order chi connectivity index (χ0) is 14.0. The Kier molecular flexibility index (Phi) is 4.58. The lowest BCUT2D eigenvalue weighted by Gasteiger charge is -2.11. The van der Waals surface area contributed by atoms with Gasteiger partial charge in [-0.1, -0.05) is 6.07 Å². The van der Waals surface area contributed by atoms with Gasteiger partial charge in [0.2, 0.25) is 0 Å². The fourth-order valence-electron chi connectivity index (χ4n) is 1.68. The Balaban J connectivity index is 2.14. The molecule has 0 bridgehead atoms. The normalized spacial score (nSPS) is 10.6. The second-order valence-corrected chi connectivity index (χ2v) is 5.89. The van der Waals surface area contributed by atoms with E-state index in [1.807, 2.05) is 13.0 Å². The van der Waals surface area contributed by atoms with Gasteiger partial charge in [-0.3, -0.25) is 0 Å². The zero-order valence-corrected chi connectivity index (χ0v) is 13.3. The SMILES string of the molecule is Cc1cc(F)c(Br)cc1NCc1ccc(Br)c(F)c1. The van der Waals surface area contributed by atoms with E-state index in [0.29, 0.717) is 15.5 Å². The molecule has 2 aromatic rings. The Labute approximate surface area is 127 Å². The molecule has 0 aliphatic carbocycles. The van der Waals surface area contributed by atoms with E-state index in [9.17, 15) is 8.78 Å². The Bertz CT molecular complexity index is 615. The molecule has 0 atom stereocenters. The highest BCUT2D eigenvalue weighted by molar-refractivity contribution is 9.10. The number of halogens is 4. The lowest BCUT2D eigenvalue weighted by atomic mass is 10.1. The van der Waals surface area contributed by atoms with Crippen molar-refractivity contribution in [1.29, 1.82) is 0 Å². The van der Waals surface area contributed by atoms with Gasteiger partial charge >= 0.3 is 0 Å². The molecule has 0 aliphatic heterocycles. The van der Waals surface area contributed by atoms with Crippen LogP contribution in [0.3, 0.4) is 0 Å². The minimum atomic E-state index is -0.295. The van der Waals surface area contributed by atoms with Gasteiger partial charge in [-0.05, 0) is 74.2 Å². The Morgan fingerprint density at radius 3 is 2.37 bits per heavy atom. The van der Waals surface area contributed by atoms with Crippen LogP contribution in [-0.4, -0.2) is 0 Å². The van der Waals surface area contributed by atoms with E-state index in [0.717, 1.165) is 16.8 Å². The summed E-state index contributed by atoms with van der Waals surface area (Å²) < 4.78 is 27.5. The topological polar surface area (TPSA) is 12.0 Å². The molecule has 1 nitrogen and oxygen atoms in total. The highest BCUT2D eigenvalue weighted by Crippen LogP contribution is 2.25. The number of anilines is 1. The van der Waals surface area contributed by atoms with E-state index in [4.69, 9.17) is 0 Å². The van der Waals surface area contributed by atoms with Gasteiger partial charge in [0.25, 0.3) is 0 Å². The first kappa shape index (κ1) is 14.5. The van der Waals surface area contributed by atoms with Gasteiger partial charge in [-0.2, -0.15) is 0 Å². The number of hydrogen-bond donors (Lipinski definition) is 1. The number of nitrogens with one attached hydrogen (secondary N) is 1. The molecule has 0 amide bonds. The Morgan fingerprint density at radius 2 is 1.68 bits per heavy atom. The third kappa shape index (κ3) is 3.54. The molecule has 0 unspecified atom stereocenters. The first-order chi connectivity index (χ1) is 8.97. The third-order valence-electron chi connectivity index (χ3n) is 2.73. The monoisotopic (exact) mass is 389 g/mol. The highest BCUT2D eigenvalue weighted by Gasteiger charge is 2.06. The van der Waals surface area contributed by atoms with Crippen molar-refractivity contribution in [2.24, 2.45) is 0 Å². The quantitative estimate of drug-likeness (QED) is 0.738. The molecule has 0 spiro atoms. The zero-order valence-electron chi connectivity index (χ0n) is 10.1. The molecule has 0 saturated carbocycles. The summed E-state index contributed by atoms with van der Waals surface area (Å²) in [5.74, 6) is -0.589. The largest absolute Gasteiger partial charge is 0.381 e. The van der Waals surface area contributed by atoms with E-state index < -0.39 is 0 Å². The maximum Gasteiger partial charge on any atom is 0.137 e. The van der Waals surface area contributed by atoms with Crippen LogP contribution >= 0.6 is 31.9 Å². The fourth-order valence-corrected chi connectivity index (χ4v) is 2.27. The standard InChI is InChI=1S/C14H11Br2F2N/c1-8-4-12(17)11(16)6-14(8)19-7-9-2-3-10(15)13(18)5-9/h2-6,19H,7H2,1H3. The average molecular weight is 391 g/mol.